The van der Waals surface area contributed by atoms with E-state index in [2.05, 4.69) is 79.1 Å². The van der Waals surface area contributed by atoms with Crippen molar-refractivity contribution in [2.24, 2.45) is 0 Å². The summed E-state index contributed by atoms with van der Waals surface area (Å²) in [6.07, 6.45) is 0. The molecule has 2 aromatic rings. The summed E-state index contributed by atoms with van der Waals surface area (Å²) >= 11 is 10.7. The Labute approximate surface area is 139 Å². The molecule has 0 fully saturated rings. The van der Waals surface area contributed by atoms with Gasteiger partial charge in [0.1, 0.15) is 0 Å². The summed E-state index contributed by atoms with van der Waals surface area (Å²) in [5.74, 6) is 1.03. The molecule has 0 aliphatic rings. The van der Waals surface area contributed by atoms with E-state index in [1.54, 1.807) is 11.3 Å². The van der Waals surface area contributed by atoms with Gasteiger partial charge in [-0.3, -0.25) is 0 Å². The molecule has 2 rings (SSSR count). The lowest BCUT2D eigenvalue weighted by Crippen LogP contribution is -2.22. The third-order valence-electron chi connectivity index (χ3n) is 2.70. The van der Waals surface area contributed by atoms with Crippen LogP contribution < -0.4 is 5.32 Å². The third-order valence-corrected chi connectivity index (χ3v) is 6.08. The Morgan fingerprint density at radius 3 is 2.53 bits per heavy atom. The van der Waals surface area contributed by atoms with Gasteiger partial charge in [0.15, 0.2) is 0 Å². The minimum atomic E-state index is 0.388. The number of nitrogens with one attached hydrogen (secondary N) is 1. The van der Waals surface area contributed by atoms with Crippen LogP contribution in [0.5, 0.6) is 0 Å². The Morgan fingerprint density at radius 1 is 1.21 bits per heavy atom. The molecule has 1 N–H and O–H groups in total. The molecule has 102 valence electrons. The van der Waals surface area contributed by atoms with E-state index in [0.717, 1.165) is 16.8 Å². The van der Waals surface area contributed by atoms with Gasteiger partial charge in [0.05, 0.1) is 0 Å². The fourth-order valence-electron chi connectivity index (χ4n) is 1.76. The smallest absolute Gasteiger partial charge is 0.0434 e. The van der Waals surface area contributed by atoms with Crippen LogP contribution in [-0.4, -0.2) is 12.3 Å². The van der Waals surface area contributed by atoms with Gasteiger partial charge in [-0.2, -0.15) is 11.3 Å². The summed E-state index contributed by atoms with van der Waals surface area (Å²) in [4.78, 5) is 1.30. The quantitative estimate of drug-likeness (QED) is 0.600. The van der Waals surface area contributed by atoms with Crippen molar-refractivity contribution in [1.29, 1.82) is 0 Å². The molecular weight excluding hydrogens is 406 g/mol. The van der Waals surface area contributed by atoms with E-state index < -0.39 is 0 Å². The summed E-state index contributed by atoms with van der Waals surface area (Å²) in [6.45, 7) is 3.13. The monoisotopic (exact) mass is 419 g/mol. The summed E-state index contributed by atoms with van der Waals surface area (Å²) in [5, 5.41) is 7.92. The van der Waals surface area contributed by atoms with Crippen molar-refractivity contribution >= 4 is 55.0 Å². The van der Waals surface area contributed by atoms with Crippen LogP contribution in [0.1, 0.15) is 18.5 Å². The maximum Gasteiger partial charge on any atom is 0.0434 e. The second-order valence-electron chi connectivity index (χ2n) is 4.05. The standard InChI is InChI=1S/C14H15Br2NS2/c1-2-17-14(12-7-18-8-13(12)16)9-19-11-5-3-10(15)4-6-11/h3-8,14,17H,2,9H2,1H3. The topological polar surface area (TPSA) is 12.0 Å². The molecule has 1 atom stereocenters. The minimum absolute atomic E-state index is 0.388. The first-order valence-electron chi connectivity index (χ1n) is 6.04. The van der Waals surface area contributed by atoms with Crippen LogP contribution in [0.3, 0.4) is 0 Å². The summed E-state index contributed by atoms with van der Waals surface area (Å²) in [7, 11) is 0. The number of rotatable bonds is 6. The van der Waals surface area contributed by atoms with Crippen LogP contribution in [-0.2, 0) is 0 Å². The van der Waals surface area contributed by atoms with E-state index in [1.807, 2.05) is 11.8 Å². The highest BCUT2D eigenvalue weighted by Crippen LogP contribution is 2.31. The van der Waals surface area contributed by atoms with Gasteiger partial charge >= 0.3 is 0 Å². The highest BCUT2D eigenvalue weighted by molar-refractivity contribution is 9.10. The van der Waals surface area contributed by atoms with Crippen molar-refractivity contribution in [3.05, 3.63) is 49.5 Å². The summed E-state index contributed by atoms with van der Waals surface area (Å²) in [6, 6.07) is 8.87. The molecule has 1 heterocycles. The van der Waals surface area contributed by atoms with E-state index in [-0.39, 0.29) is 0 Å². The van der Waals surface area contributed by atoms with Gasteiger partial charge in [-0.1, -0.05) is 22.9 Å². The molecule has 0 bridgehead atoms. The predicted octanol–water partition coefficient (Wildman–Crippen LogP) is 5.72. The summed E-state index contributed by atoms with van der Waals surface area (Å²) in [5.41, 5.74) is 1.36. The van der Waals surface area contributed by atoms with Gasteiger partial charge in [-0.15, -0.1) is 11.8 Å². The average Bonchev–Trinajstić information content (AvgIpc) is 2.83. The maximum absolute atomic E-state index is 3.63. The molecule has 0 saturated heterocycles. The van der Waals surface area contributed by atoms with Crippen LogP contribution >= 0.6 is 55.0 Å². The number of halogens is 2. The Hall–Kier alpha value is 0.190. The zero-order valence-electron chi connectivity index (χ0n) is 10.5. The van der Waals surface area contributed by atoms with Gasteiger partial charge in [0.25, 0.3) is 0 Å². The lowest BCUT2D eigenvalue weighted by molar-refractivity contribution is 0.606. The number of thioether (sulfide) groups is 1. The molecule has 0 radical (unpaired) electrons. The number of hydrogen-bond donors (Lipinski definition) is 1. The average molecular weight is 421 g/mol. The molecule has 1 aromatic carbocycles. The summed E-state index contributed by atoms with van der Waals surface area (Å²) < 4.78 is 2.33. The molecule has 1 unspecified atom stereocenters. The molecule has 0 saturated carbocycles. The van der Waals surface area contributed by atoms with E-state index in [1.165, 1.54) is 14.9 Å². The lowest BCUT2D eigenvalue weighted by Gasteiger charge is -2.17. The number of thiophene rings is 1. The zero-order valence-corrected chi connectivity index (χ0v) is 15.3. The molecular formula is C14H15Br2NS2. The molecule has 1 aromatic heterocycles. The second kappa shape index (κ2) is 7.84. The Kier molecular flexibility index (Phi) is 6.42. The van der Waals surface area contributed by atoms with Crippen molar-refractivity contribution in [1.82, 2.24) is 5.32 Å². The minimum Gasteiger partial charge on any atom is -0.309 e. The van der Waals surface area contributed by atoms with Crippen molar-refractivity contribution in [3.63, 3.8) is 0 Å². The first-order valence-corrected chi connectivity index (χ1v) is 9.55. The Morgan fingerprint density at radius 2 is 1.95 bits per heavy atom. The van der Waals surface area contributed by atoms with Crippen molar-refractivity contribution in [3.8, 4) is 0 Å². The molecule has 0 aliphatic carbocycles. The SMILES string of the molecule is CCNC(CSc1ccc(Br)cc1)c1cscc1Br. The molecule has 0 amide bonds. The molecule has 1 nitrogen and oxygen atoms in total. The predicted molar refractivity (Wildman–Crippen MR) is 93.3 cm³/mol. The van der Waals surface area contributed by atoms with E-state index in [9.17, 15) is 0 Å². The van der Waals surface area contributed by atoms with E-state index >= 15 is 0 Å². The van der Waals surface area contributed by atoms with Crippen molar-refractivity contribution in [2.75, 3.05) is 12.3 Å². The van der Waals surface area contributed by atoms with Crippen LogP contribution in [0.25, 0.3) is 0 Å². The highest BCUT2D eigenvalue weighted by atomic mass is 79.9. The van der Waals surface area contributed by atoms with Gasteiger partial charge < -0.3 is 5.32 Å². The number of hydrogen-bond acceptors (Lipinski definition) is 3. The van der Waals surface area contributed by atoms with Gasteiger partial charge in [-0.05, 0) is 57.7 Å². The first-order chi connectivity index (χ1) is 9.20. The van der Waals surface area contributed by atoms with E-state index in [0.29, 0.717) is 6.04 Å². The molecule has 0 aliphatic heterocycles. The molecule has 0 spiro atoms. The molecule has 5 heteroatoms. The van der Waals surface area contributed by atoms with Crippen LogP contribution in [0.15, 0.2) is 48.9 Å². The lowest BCUT2D eigenvalue weighted by atomic mass is 10.2. The van der Waals surface area contributed by atoms with Gasteiger partial charge in [0.2, 0.25) is 0 Å². The maximum atomic E-state index is 3.63. The second-order valence-corrected chi connectivity index (χ2v) is 7.66. The fraction of sp³-hybridized carbons (Fsp3) is 0.286. The van der Waals surface area contributed by atoms with Gasteiger partial charge in [0, 0.05) is 31.0 Å². The Balaban J connectivity index is 2.01. The normalized spacial score (nSPS) is 12.6. The van der Waals surface area contributed by atoms with Crippen molar-refractivity contribution < 1.29 is 0 Å². The van der Waals surface area contributed by atoms with Gasteiger partial charge in [-0.25, -0.2) is 0 Å². The largest absolute Gasteiger partial charge is 0.309 e. The zero-order chi connectivity index (χ0) is 13.7. The molecule has 19 heavy (non-hydrogen) atoms. The fourth-order valence-corrected chi connectivity index (χ4v) is 4.63. The van der Waals surface area contributed by atoms with Crippen LogP contribution in [0.2, 0.25) is 0 Å². The van der Waals surface area contributed by atoms with Crippen LogP contribution in [0, 0.1) is 0 Å². The van der Waals surface area contributed by atoms with Crippen molar-refractivity contribution in [2.45, 2.75) is 17.9 Å². The number of benzene rings is 1. The van der Waals surface area contributed by atoms with Crippen LogP contribution in [0.4, 0.5) is 0 Å². The Bertz CT molecular complexity index is 510. The first kappa shape index (κ1) is 15.6. The highest BCUT2D eigenvalue weighted by Gasteiger charge is 2.14. The van der Waals surface area contributed by atoms with E-state index in [4.69, 9.17) is 0 Å². The third kappa shape index (κ3) is 4.60.